The van der Waals surface area contributed by atoms with Crippen LogP contribution in [0.15, 0.2) is 29.3 Å². The first-order valence-corrected chi connectivity index (χ1v) is 9.41. The Morgan fingerprint density at radius 3 is 2.80 bits per heavy atom. The second-order valence-corrected chi connectivity index (χ2v) is 8.49. The van der Waals surface area contributed by atoms with Crippen LogP contribution in [0.1, 0.15) is 22.7 Å². The largest absolute Gasteiger partial charge is 0.317 e. The third-order valence-corrected chi connectivity index (χ3v) is 6.14. The number of carbonyl (C=O) groups is 1. The SMILES string of the molecule is Cc1ncc(CN2CCC[C@@]3(C2)CN(c2ccc(=O)n(C)c2)C3=O)s1. The number of anilines is 1. The number of rotatable bonds is 3. The molecule has 2 aliphatic rings. The van der Waals surface area contributed by atoms with Crippen molar-refractivity contribution in [2.45, 2.75) is 26.3 Å². The lowest BCUT2D eigenvalue weighted by Gasteiger charge is -2.53. The van der Waals surface area contributed by atoms with Crippen LogP contribution in [0.5, 0.6) is 0 Å². The highest BCUT2D eigenvalue weighted by Crippen LogP contribution is 2.42. The first-order chi connectivity index (χ1) is 12.0. The molecule has 0 radical (unpaired) electrons. The van der Waals surface area contributed by atoms with Gasteiger partial charge in [-0.05, 0) is 32.4 Å². The van der Waals surface area contributed by atoms with E-state index in [2.05, 4.69) is 9.88 Å². The molecule has 0 aromatic carbocycles. The minimum atomic E-state index is -0.257. The molecule has 132 valence electrons. The highest BCUT2D eigenvalue weighted by atomic mass is 32.1. The van der Waals surface area contributed by atoms with Crippen molar-refractivity contribution in [3.8, 4) is 0 Å². The smallest absolute Gasteiger partial charge is 0.250 e. The Hall–Kier alpha value is -1.99. The van der Waals surface area contributed by atoms with Gasteiger partial charge in [-0.2, -0.15) is 0 Å². The third-order valence-electron chi connectivity index (χ3n) is 5.25. The first kappa shape index (κ1) is 16.5. The van der Waals surface area contributed by atoms with Gasteiger partial charge < -0.3 is 9.47 Å². The molecule has 2 aromatic heterocycles. The average molecular weight is 358 g/mol. The number of hydrogen-bond acceptors (Lipinski definition) is 5. The molecule has 1 spiro atoms. The van der Waals surface area contributed by atoms with Crippen LogP contribution in [0.25, 0.3) is 0 Å². The second-order valence-electron chi connectivity index (χ2n) is 7.17. The average Bonchev–Trinajstić information content (AvgIpc) is 3.00. The van der Waals surface area contributed by atoms with Gasteiger partial charge in [0.2, 0.25) is 11.5 Å². The van der Waals surface area contributed by atoms with Gasteiger partial charge in [-0.15, -0.1) is 11.3 Å². The second kappa shape index (κ2) is 6.07. The van der Waals surface area contributed by atoms with Crippen molar-refractivity contribution in [1.82, 2.24) is 14.5 Å². The molecule has 7 heteroatoms. The molecule has 4 heterocycles. The van der Waals surface area contributed by atoms with Crippen LogP contribution in [0.4, 0.5) is 5.69 Å². The fourth-order valence-corrected chi connectivity index (χ4v) is 4.79. The lowest BCUT2D eigenvalue weighted by atomic mass is 9.72. The highest BCUT2D eigenvalue weighted by Gasteiger charge is 2.54. The number of nitrogens with zero attached hydrogens (tertiary/aromatic N) is 4. The molecule has 0 saturated carbocycles. The monoisotopic (exact) mass is 358 g/mol. The van der Waals surface area contributed by atoms with Crippen molar-refractivity contribution in [3.05, 3.63) is 44.8 Å². The number of amides is 1. The van der Waals surface area contributed by atoms with E-state index in [-0.39, 0.29) is 16.9 Å². The van der Waals surface area contributed by atoms with E-state index < -0.39 is 0 Å². The van der Waals surface area contributed by atoms with Gasteiger partial charge in [-0.3, -0.25) is 14.5 Å². The Bertz CT molecular complexity index is 874. The van der Waals surface area contributed by atoms with Crippen molar-refractivity contribution in [2.75, 3.05) is 24.5 Å². The van der Waals surface area contributed by atoms with E-state index >= 15 is 0 Å². The van der Waals surface area contributed by atoms with E-state index in [4.69, 9.17) is 0 Å². The number of hydrogen-bond donors (Lipinski definition) is 0. The topological polar surface area (TPSA) is 58.4 Å². The van der Waals surface area contributed by atoms with Crippen molar-refractivity contribution < 1.29 is 4.79 Å². The Morgan fingerprint density at radius 1 is 1.28 bits per heavy atom. The molecule has 1 amide bonds. The Morgan fingerprint density at radius 2 is 2.12 bits per heavy atom. The van der Waals surface area contributed by atoms with Crippen molar-refractivity contribution >= 4 is 22.9 Å². The van der Waals surface area contributed by atoms with E-state index in [1.54, 1.807) is 35.5 Å². The molecule has 0 aliphatic carbocycles. The quantitative estimate of drug-likeness (QED) is 0.785. The molecule has 2 aromatic rings. The zero-order chi connectivity index (χ0) is 17.6. The predicted octanol–water partition coefficient (Wildman–Crippen LogP) is 1.78. The zero-order valence-corrected chi connectivity index (χ0v) is 15.4. The van der Waals surface area contributed by atoms with Gasteiger partial charge in [0.15, 0.2) is 0 Å². The van der Waals surface area contributed by atoms with Crippen LogP contribution < -0.4 is 10.5 Å². The number of aryl methyl sites for hydroxylation is 2. The van der Waals surface area contributed by atoms with Crippen molar-refractivity contribution in [2.24, 2.45) is 12.5 Å². The molecule has 2 saturated heterocycles. The summed E-state index contributed by atoms with van der Waals surface area (Å²) in [5.41, 5.74) is 0.496. The summed E-state index contributed by atoms with van der Waals surface area (Å²) >= 11 is 1.73. The summed E-state index contributed by atoms with van der Waals surface area (Å²) in [5, 5.41) is 1.09. The normalized spacial score (nSPS) is 23.9. The first-order valence-electron chi connectivity index (χ1n) is 8.59. The molecule has 25 heavy (non-hydrogen) atoms. The fraction of sp³-hybridized carbons (Fsp3) is 0.500. The molecule has 1 atom stereocenters. The van der Waals surface area contributed by atoms with Crippen LogP contribution >= 0.6 is 11.3 Å². The summed E-state index contributed by atoms with van der Waals surface area (Å²) in [7, 11) is 1.71. The van der Waals surface area contributed by atoms with Gasteiger partial charge >= 0.3 is 0 Å². The highest BCUT2D eigenvalue weighted by molar-refractivity contribution is 7.11. The fourth-order valence-electron chi connectivity index (χ4n) is 3.95. The van der Waals surface area contributed by atoms with E-state index in [9.17, 15) is 9.59 Å². The number of thiazole rings is 1. The van der Waals surface area contributed by atoms with Gasteiger partial charge in [0, 0.05) is 50.0 Å². The van der Waals surface area contributed by atoms with Crippen LogP contribution in [-0.4, -0.2) is 40.0 Å². The summed E-state index contributed by atoms with van der Waals surface area (Å²) in [4.78, 5) is 34.3. The number of aromatic nitrogens is 2. The van der Waals surface area contributed by atoms with Crippen molar-refractivity contribution in [1.29, 1.82) is 0 Å². The van der Waals surface area contributed by atoms with Crippen LogP contribution in [0, 0.1) is 12.3 Å². The number of likely N-dealkylation sites (tertiary alicyclic amines) is 1. The van der Waals surface area contributed by atoms with E-state index in [1.165, 1.54) is 15.5 Å². The van der Waals surface area contributed by atoms with Crippen molar-refractivity contribution in [3.63, 3.8) is 0 Å². The molecule has 2 fully saturated rings. The number of pyridine rings is 1. The lowest BCUT2D eigenvalue weighted by Crippen LogP contribution is -2.67. The summed E-state index contributed by atoms with van der Waals surface area (Å²) in [6.07, 6.45) is 5.69. The molecule has 0 bridgehead atoms. The van der Waals surface area contributed by atoms with Gasteiger partial charge in [0.25, 0.3) is 0 Å². The van der Waals surface area contributed by atoms with E-state index in [1.807, 2.05) is 13.1 Å². The standard InChI is InChI=1S/C18H22N4O2S/c1-13-19-8-15(25-13)10-21-7-3-6-18(11-21)12-22(17(18)24)14-4-5-16(23)20(2)9-14/h4-5,8-9H,3,6-7,10-12H2,1-2H3/t18-/m1/s1. The Kier molecular flexibility index (Phi) is 4.00. The van der Waals surface area contributed by atoms with Gasteiger partial charge in [-0.25, -0.2) is 4.98 Å². The molecular weight excluding hydrogens is 336 g/mol. The van der Waals surface area contributed by atoms with Crippen LogP contribution in [0.2, 0.25) is 0 Å². The summed E-state index contributed by atoms with van der Waals surface area (Å²) < 4.78 is 1.52. The number of carbonyl (C=O) groups excluding carboxylic acids is 1. The summed E-state index contributed by atoms with van der Waals surface area (Å²) in [6.45, 7) is 5.48. The summed E-state index contributed by atoms with van der Waals surface area (Å²) in [6, 6.07) is 3.26. The maximum atomic E-state index is 12.9. The predicted molar refractivity (Wildman–Crippen MR) is 97.8 cm³/mol. The zero-order valence-electron chi connectivity index (χ0n) is 14.6. The van der Waals surface area contributed by atoms with Gasteiger partial charge in [0.05, 0.1) is 16.1 Å². The third kappa shape index (κ3) is 2.91. The molecule has 6 nitrogen and oxygen atoms in total. The molecular formula is C18H22N4O2S. The van der Waals surface area contributed by atoms with Gasteiger partial charge in [0.1, 0.15) is 0 Å². The molecule has 0 N–H and O–H groups in total. The minimum Gasteiger partial charge on any atom is -0.317 e. The maximum absolute atomic E-state index is 12.9. The summed E-state index contributed by atoms with van der Waals surface area (Å²) in [5.74, 6) is 0.191. The van der Waals surface area contributed by atoms with Crippen LogP contribution in [-0.2, 0) is 18.4 Å². The minimum absolute atomic E-state index is 0.0601. The lowest BCUT2D eigenvalue weighted by molar-refractivity contribution is -0.139. The molecule has 4 rings (SSSR count). The van der Waals surface area contributed by atoms with Gasteiger partial charge in [-0.1, -0.05) is 0 Å². The molecule has 2 aliphatic heterocycles. The maximum Gasteiger partial charge on any atom is 0.250 e. The number of piperidine rings is 1. The van der Waals surface area contributed by atoms with E-state index in [0.29, 0.717) is 0 Å². The molecule has 0 unspecified atom stereocenters. The Balaban J connectivity index is 1.46. The number of β-lactam (4-membered cyclic amide) rings is 1. The van der Waals surface area contributed by atoms with Crippen LogP contribution in [0.3, 0.4) is 0 Å². The van der Waals surface area contributed by atoms with E-state index in [0.717, 1.165) is 49.7 Å². The Labute approximate surface area is 150 Å².